The van der Waals surface area contributed by atoms with Crippen LogP contribution in [0.25, 0.3) is 0 Å². The molecule has 0 aromatic rings. The van der Waals surface area contributed by atoms with Crippen LogP contribution in [0.5, 0.6) is 0 Å². The Bertz CT molecular complexity index is 123. The molecule has 0 bridgehead atoms. The van der Waals surface area contributed by atoms with Gasteiger partial charge in [-0.15, -0.1) is 0 Å². The van der Waals surface area contributed by atoms with Crippen LogP contribution in [-0.4, -0.2) is 29.9 Å². The van der Waals surface area contributed by atoms with Gasteiger partial charge in [0.05, 0.1) is 0 Å². The molecule has 0 amide bonds. The zero-order chi connectivity index (χ0) is 8.97. The summed E-state index contributed by atoms with van der Waals surface area (Å²) < 4.78 is 0. The maximum atomic E-state index is 3.53. The topological polar surface area (TPSA) is 3.24 Å². The highest BCUT2D eigenvalue weighted by molar-refractivity contribution is 9.09. The molecular weight excluding hydrogens is 214 g/mol. The predicted octanol–water partition coefficient (Wildman–Crippen LogP) is 2.75. The van der Waals surface area contributed by atoms with E-state index in [0.717, 1.165) is 17.2 Å². The van der Waals surface area contributed by atoms with E-state index in [-0.39, 0.29) is 0 Å². The molecule has 0 N–H and O–H groups in total. The Morgan fingerprint density at radius 1 is 1.50 bits per heavy atom. The molecule has 0 radical (unpaired) electrons. The van der Waals surface area contributed by atoms with Crippen LogP contribution in [0.3, 0.4) is 0 Å². The minimum absolute atomic E-state index is 0.795. The number of alkyl halides is 1. The van der Waals surface area contributed by atoms with Gasteiger partial charge in [-0.1, -0.05) is 29.8 Å². The fourth-order valence-corrected chi connectivity index (χ4v) is 1.69. The molecule has 1 nitrogen and oxygen atoms in total. The van der Waals surface area contributed by atoms with Crippen LogP contribution in [-0.2, 0) is 0 Å². The molecular formula is C10H20BrN. The van der Waals surface area contributed by atoms with E-state index in [9.17, 15) is 0 Å². The van der Waals surface area contributed by atoms with E-state index < -0.39 is 0 Å². The smallest absolute Gasteiger partial charge is 0.00692 e. The first kappa shape index (κ1) is 10.5. The van der Waals surface area contributed by atoms with Gasteiger partial charge in [0.15, 0.2) is 0 Å². The molecule has 0 aromatic heterocycles. The number of hydrogen-bond acceptors (Lipinski definition) is 1. The maximum absolute atomic E-state index is 3.53. The average Bonchev–Trinajstić information content (AvgIpc) is 2.86. The SMILES string of the molecule is CCN(CC(C)CBr)CC1CC1. The number of halogens is 1. The lowest BCUT2D eigenvalue weighted by Gasteiger charge is -2.22. The van der Waals surface area contributed by atoms with Crippen molar-refractivity contribution in [3.8, 4) is 0 Å². The molecule has 0 heterocycles. The third-order valence-electron chi connectivity index (χ3n) is 2.49. The number of rotatable bonds is 6. The van der Waals surface area contributed by atoms with Crippen LogP contribution < -0.4 is 0 Å². The van der Waals surface area contributed by atoms with Crippen molar-refractivity contribution in [1.82, 2.24) is 4.90 Å². The summed E-state index contributed by atoms with van der Waals surface area (Å²) in [6.45, 7) is 8.40. The second-order valence-electron chi connectivity index (χ2n) is 4.06. The van der Waals surface area contributed by atoms with Gasteiger partial charge >= 0.3 is 0 Å². The fraction of sp³-hybridized carbons (Fsp3) is 1.00. The van der Waals surface area contributed by atoms with Crippen LogP contribution in [0, 0.1) is 11.8 Å². The van der Waals surface area contributed by atoms with Gasteiger partial charge in [-0.2, -0.15) is 0 Å². The highest BCUT2D eigenvalue weighted by Crippen LogP contribution is 2.29. The molecule has 0 saturated heterocycles. The van der Waals surface area contributed by atoms with Crippen molar-refractivity contribution in [2.75, 3.05) is 25.0 Å². The molecule has 72 valence electrons. The molecule has 1 rings (SSSR count). The third kappa shape index (κ3) is 3.90. The summed E-state index contributed by atoms with van der Waals surface area (Å²) in [5.74, 6) is 1.83. The maximum Gasteiger partial charge on any atom is 0.00692 e. The molecule has 0 spiro atoms. The highest BCUT2D eigenvalue weighted by atomic mass is 79.9. The van der Waals surface area contributed by atoms with E-state index in [1.807, 2.05) is 0 Å². The molecule has 1 atom stereocenters. The Labute approximate surface area is 84.6 Å². The number of nitrogens with zero attached hydrogens (tertiary/aromatic N) is 1. The van der Waals surface area contributed by atoms with Crippen molar-refractivity contribution in [1.29, 1.82) is 0 Å². The molecule has 0 aromatic carbocycles. The second kappa shape index (κ2) is 5.23. The van der Waals surface area contributed by atoms with Crippen molar-refractivity contribution in [2.24, 2.45) is 11.8 Å². The third-order valence-corrected chi connectivity index (χ3v) is 3.60. The average molecular weight is 234 g/mol. The first-order valence-electron chi connectivity index (χ1n) is 5.04. The summed E-state index contributed by atoms with van der Waals surface area (Å²) in [5, 5.41) is 1.13. The normalized spacial score (nSPS) is 20.0. The van der Waals surface area contributed by atoms with E-state index in [2.05, 4.69) is 34.7 Å². The Kier molecular flexibility index (Phi) is 4.59. The zero-order valence-electron chi connectivity index (χ0n) is 8.22. The van der Waals surface area contributed by atoms with E-state index >= 15 is 0 Å². The lowest BCUT2D eigenvalue weighted by atomic mass is 10.2. The molecule has 2 heteroatoms. The summed E-state index contributed by atoms with van der Waals surface area (Å²) in [7, 11) is 0. The van der Waals surface area contributed by atoms with E-state index in [1.54, 1.807) is 0 Å². The van der Waals surface area contributed by atoms with Crippen LogP contribution in [0.1, 0.15) is 26.7 Å². The van der Waals surface area contributed by atoms with Crippen LogP contribution in [0.2, 0.25) is 0 Å². The molecule has 1 saturated carbocycles. The minimum Gasteiger partial charge on any atom is -0.303 e. The van der Waals surface area contributed by atoms with Gasteiger partial charge in [0.1, 0.15) is 0 Å². The predicted molar refractivity (Wildman–Crippen MR) is 57.8 cm³/mol. The molecule has 1 aliphatic rings. The molecule has 12 heavy (non-hydrogen) atoms. The van der Waals surface area contributed by atoms with Crippen molar-refractivity contribution in [2.45, 2.75) is 26.7 Å². The van der Waals surface area contributed by atoms with Gasteiger partial charge in [-0.3, -0.25) is 0 Å². The first-order valence-corrected chi connectivity index (χ1v) is 6.16. The standard InChI is InChI=1S/C10H20BrN/c1-3-12(7-9(2)6-11)8-10-4-5-10/h9-10H,3-8H2,1-2H3. The van der Waals surface area contributed by atoms with Crippen LogP contribution >= 0.6 is 15.9 Å². The monoisotopic (exact) mass is 233 g/mol. The zero-order valence-corrected chi connectivity index (χ0v) is 9.81. The van der Waals surface area contributed by atoms with Gasteiger partial charge in [0.25, 0.3) is 0 Å². The minimum atomic E-state index is 0.795. The highest BCUT2D eigenvalue weighted by Gasteiger charge is 2.23. The van der Waals surface area contributed by atoms with Gasteiger partial charge in [-0.05, 0) is 31.2 Å². The summed E-state index contributed by atoms with van der Waals surface area (Å²) in [6, 6.07) is 0. The second-order valence-corrected chi connectivity index (χ2v) is 4.70. The molecule has 1 unspecified atom stereocenters. The van der Waals surface area contributed by atoms with Crippen LogP contribution in [0.4, 0.5) is 0 Å². The van der Waals surface area contributed by atoms with Gasteiger partial charge in [-0.25, -0.2) is 0 Å². The van der Waals surface area contributed by atoms with Crippen molar-refractivity contribution in [3.63, 3.8) is 0 Å². The van der Waals surface area contributed by atoms with Gasteiger partial charge in [0.2, 0.25) is 0 Å². The van der Waals surface area contributed by atoms with E-state index in [4.69, 9.17) is 0 Å². The Morgan fingerprint density at radius 3 is 2.58 bits per heavy atom. The quantitative estimate of drug-likeness (QED) is 0.639. The van der Waals surface area contributed by atoms with Gasteiger partial charge < -0.3 is 4.90 Å². The fourth-order valence-electron chi connectivity index (χ4n) is 1.49. The Morgan fingerprint density at radius 2 is 2.17 bits per heavy atom. The van der Waals surface area contributed by atoms with E-state index in [0.29, 0.717) is 0 Å². The van der Waals surface area contributed by atoms with E-state index in [1.165, 1.54) is 32.5 Å². The Balaban J connectivity index is 2.14. The largest absolute Gasteiger partial charge is 0.303 e. The van der Waals surface area contributed by atoms with Crippen molar-refractivity contribution < 1.29 is 0 Å². The van der Waals surface area contributed by atoms with Gasteiger partial charge in [0, 0.05) is 18.4 Å². The van der Waals surface area contributed by atoms with Crippen molar-refractivity contribution in [3.05, 3.63) is 0 Å². The number of hydrogen-bond donors (Lipinski definition) is 0. The lowest BCUT2D eigenvalue weighted by Crippen LogP contribution is -2.30. The summed E-state index contributed by atoms with van der Waals surface area (Å²) in [4.78, 5) is 2.59. The molecule has 0 aliphatic heterocycles. The summed E-state index contributed by atoms with van der Waals surface area (Å²) >= 11 is 3.53. The lowest BCUT2D eigenvalue weighted by molar-refractivity contribution is 0.249. The Hall–Kier alpha value is 0.440. The molecule has 1 fully saturated rings. The summed E-state index contributed by atoms with van der Waals surface area (Å²) in [5.41, 5.74) is 0. The summed E-state index contributed by atoms with van der Waals surface area (Å²) in [6.07, 6.45) is 2.94. The molecule has 1 aliphatic carbocycles. The van der Waals surface area contributed by atoms with Crippen molar-refractivity contribution >= 4 is 15.9 Å². The first-order chi connectivity index (χ1) is 5.76. The van der Waals surface area contributed by atoms with Crippen LogP contribution in [0.15, 0.2) is 0 Å².